The molecule has 1 aliphatic rings. The summed E-state index contributed by atoms with van der Waals surface area (Å²) in [6.45, 7) is 0. The van der Waals surface area contributed by atoms with Gasteiger partial charge in [-0.25, -0.2) is 8.42 Å². The molecule has 5 nitrogen and oxygen atoms in total. The predicted octanol–water partition coefficient (Wildman–Crippen LogP) is 0.291. The van der Waals surface area contributed by atoms with Crippen LogP contribution >= 0.6 is 0 Å². The second kappa shape index (κ2) is 4.10. The van der Waals surface area contributed by atoms with E-state index < -0.39 is 20.7 Å². The first kappa shape index (κ1) is 12.6. The van der Waals surface area contributed by atoms with Crippen LogP contribution in [0.4, 0.5) is 0 Å². The lowest BCUT2D eigenvalue weighted by Gasteiger charge is -2.28. The third-order valence-electron chi connectivity index (χ3n) is 3.46. The molecule has 1 aliphatic carbocycles. The quantitative estimate of drug-likeness (QED) is 0.846. The summed E-state index contributed by atoms with van der Waals surface area (Å²) in [6, 6.07) is 0. The van der Waals surface area contributed by atoms with Gasteiger partial charge in [-0.15, -0.1) is 0 Å². The van der Waals surface area contributed by atoms with E-state index in [1.54, 1.807) is 17.9 Å². The van der Waals surface area contributed by atoms with E-state index in [9.17, 15) is 13.5 Å². The zero-order valence-corrected chi connectivity index (χ0v) is 10.9. The molecule has 2 unspecified atom stereocenters. The van der Waals surface area contributed by atoms with Crippen molar-refractivity contribution in [1.29, 1.82) is 0 Å². The standard InChI is InChI=1S/C11H18N2O3S/c1-13-8-9(7-12-13)6-11(14)5-3-4-10(11)17(2,15)16/h7-8,10,14H,3-6H2,1-2H3. The third-order valence-corrected chi connectivity index (χ3v) is 5.17. The lowest BCUT2D eigenvalue weighted by Crippen LogP contribution is -2.44. The van der Waals surface area contributed by atoms with Crippen molar-refractivity contribution < 1.29 is 13.5 Å². The van der Waals surface area contributed by atoms with Gasteiger partial charge < -0.3 is 5.11 Å². The van der Waals surface area contributed by atoms with Crippen LogP contribution in [0.15, 0.2) is 12.4 Å². The molecular weight excluding hydrogens is 240 g/mol. The van der Waals surface area contributed by atoms with Crippen molar-refractivity contribution in [1.82, 2.24) is 9.78 Å². The summed E-state index contributed by atoms with van der Waals surface area (Å²) in [5.74, 6) is 0. The molecule has 1 saturated carbocycles. The average Bonchev–Trinajstić information content (AvgIpc) is 2.72. The van der Waals surface area contributed by atoms with Crippen LogP contribution in [-0.2, 0) is 23.3 Å². The molecule has 0 radical (unpaired) electrons. The molecule has 0 aromatic carbocycles. The molecule has 0 aliphatic heterocycles. The lowest BCUT2D eigenvalue weighted by molar-refractivity contribution is 0.0512. The maximum atomic E-state index is 11.7. The van der Waals surface area contributed by atoms with Gasteiger partial charge in [-0.3, -0.25) is 4.68 Å². The molecule has 1 heterocycles. The van der Waals surface area contributed by atoms with Crippen LogP contribution in [0.5, 0.6) is 0 Å². The highest BCUT2D eigenvalue weighted by Gasteiger charge is 2.46. The molecule has 0 amide bonds. The van der Waals surface area contributed by atoms with Crippen molar-refractivity contribution in [2.24, 2.45) is 7.05 Å². The molecule has 1 aromatic rings. The van der Waals surface area contributed by atoms with Gasteiger partial charge in [-0.05, 0) is 24.8 Å². The number of aliphatic hydroxyl groups is 1. The van der Waals surface area contributed by atoms with Crippen molar-refractivity contribution >= 4 is 9.84 Å². The second-order valence-corrected chi connectivity index (χ2v) is 7.24. The molecule has 0 saturated heterocycles. The Kier molecular flexibility index (Phi) is 3.03. The van der Waals surface area contributed by atoms with E-state index in [4.69, 9.17) is 0 Å². The SMILES string of the molecule is Cn1cc(CC2(O)CCCC2S(C)(=O)=O)cn1. The number of rotatable bonds is 3. The topological polar surface area (TPSA) is 72.2 Å². The number of hydrogen-bond donors (Lipinski definition) is 1. The van der Waals surface area contributed by atoms with E-state index >= 15 is 0 Å². The molecule has 2 rings (SSSR count). The van der Waals surface area contributed by atoms with Gasteiger partial charge in [0.05, 0.1) is 17.0 Å². The monoisotopic (exact) mass is 258 g/mol. The molecule has 96 valence electrons. The number of aromatic nitrogens is 2. The Morgan fingerprint density at radius 2 is 2.35 bits per heavy atom. The van der Waals surface area contributed by atoms with Crippen molar-refractivity contribution in [2.75, 3.05) is 6.26 Å². The minimum Gasteiger partial charge on any atom is -0.388 e. The number of sulfone groups is 1. The van der Waals surface area contributed by atoms with E-state index in [0.29, 0.717) is 19.3 Å². The Balaban J connectivity index is 2.23. The summed E-state index contributed by atoms with van der Waals surface area (Å²) in [4.78, 5) is 0. The summed E-state index contributed by atoms with van der Waals surface area (Å²) in [7, 11) is -1.40. The third kappa shape index (κ3) is 2.52. The second-order valence-electron chi connectivity index (χ2n) is 5.01. The summed E-state index contributed by atoms with van der Waals surface area (Å²) >= 11 is 0. The van der Waals surface area contributed by atoms with Crippen LogP contribution in [0.1, 0.15) is 24.8 Å². The van der Waals surface area contributed by atoms with E-state index in [1.807, 2.05) is 6.20 Å². The summed E-state index contributed by atoms with van der Waals surface area (Å²) in [5, 5.41) is 13.9. The van der Waals surface area contributed by atoms with Gasteiger partial charge in [0.1, 0.15) is 0 Å². The van der Waals surface area contributed by atoms with Gasteiger partial charge >= 0.3 is 0 Å². The van der Waals surface area contributed by atoms with Crippen molar-refractivity contribution in [3.63, 3.8) is 0 Å². The van der Waals surface area contributed by atoms with Crippen LogP contribution < -0.4 is 0 Å². The molecule has 1 fully saturated rings. The van der Waals surface area contributed by atoms with Crippen LogP contribution in [0.3, 0.4) is 0 Å². The van der Waals surface area contributed by atoms with Gasteiger partial charge in [0, 0.05) is 25.9 Å². The first-order chi connectivity index (χ1) is 7.81. The maximum absolute atomic E-state index is 11.7. The van der Waals surface area contributed by atoms with Gasteiger partial charge in [0.15, 0.2) is 9.84 Å². The molecule has 0 bridgehead atoms. The Bertz CT molecular complexity index is 509. The number of aryl methyl sites for hydroxylation is 1. The summed E-state index contributed by atoms with van der Waals surface area (Å²) in [6.07, 6.45) is 6.91. The zero-order chi connectivity index (χ0) is 12.7. The first-order valence-corrected chi connectivity index (χ1v) is 7.65. The fourth-order valence-corrected chi connectivity index (χ4v) is 4.35. The Hall–Kier alpha value is -0.880. The van der Waals surface area contributed by atoms with Crippen LogP contribution in [0, 0.1) is 0 Å². The fourth-order valence-electron chi connectivity index (χ4n) is 2.75. The zero-order valence-electron chi connectivity index (χ0n) is 10.1. The molecule has 1 aromatic heterocycles. The van der Waals surface area contributed by atoms with Gasteiger partial charge in [-0.1, -0.05) is 0 Å². The minimum atomic E-state index is -3.20. The highest BCUT2D eigenvalue weighted by atomic mass is 32.2. The van der Waals surface area contributed by atoms with Crippen LogP contribution in [0.25, 0.3) is 0 Å². The predicted molar refractivity (Wildman–Crippen MR) is 64.3 cm³/mol. The average molecular weight is 258 g/mol. The Labute approximate surface area is 101 Å². The van der Waals surface area contributed by atoms with Gasteiger partial charge in [-0.2, -0.15) is 5.10 Å². The van der Waals surface area contributed by atoms with E-state index in [0.717, 1.165) is 12.0 Å². The number of hydrogen-bond acceptors (Lipinski definition) is 4. The van der Waals surface area contributed by atoms with Gasteiger partial charge in [0.2, 0.25) is 0 Å². The van der Waals surface area contributed by atoms with Gasteiger partial charge in [0.25, 0.3) is 0 Å². The van der Waals surface area contributed by atoms with Crippen LogP contribution in [-0.4, -0.2) is 40.4 Å². The molecule has 6 heteroatoms. The molecule has 1 N–H and O–H groups in total. The smallest absolute Gasteiger partial charge is 0.153 e. The normalized spacial score (nSPS) is 29.7. The highest BCUT2D eigenvalue weighted by molar-refractivity contribution is 7.91. The minimum absolute atomic E-state index is 0.360. The molecule has 17 heavy (non-hydrogen) atoms. The largest absolute Gasteiger partial charge is 0.388 e. The lowest BCUT2D eigenvalue weighted by atomic mass is 9.94. The highest BCUT2D eigenvalue weighted by Crippen LogP contribution is 2.37. The van der Waals surface area contributed by atoms with E-state index in [-0.39, 0.29) is 0 Å². The van der Waals surface area contributed by atoms with Crippen molar-refractivity contribution in [3.05, 3.63) is 18.0 Å². The summed E-state index contributed by atoms with van der Waals surface area (Å²) in [5.41, 5.74) is -0.248. The van der Waals surface area contributed by atoms with Crippen molar-refractivity contribution in [3.8, 4) is 0 Å². The fraction of sp³-hybridized carbons (Fsp3) is 0.727. The van der Waals surface area contributed by atoms with Crippen molar-refractivity contribution in [2.45, 2.75) is 36.5 Å². The maximum Gasteiger partial charge on any atom is 0.153 e. The Morgan fingerprint density at radius 3 is 2.88 bits per heavy atom. The van der Waals surface area contributed by atoms with Crippen LogP contribution in [0.2, 0.25) is 0 Å². The Morgan fingerprint density at radius 1 is 1.65 bits per heavy atom. The van der Waals surface area contributed by atoms with E-state index in [1.165, 1.54) is 6.26 Å². The number of nitrogens with zero attached hydrogens (tertiary/aromatic N) is 2. The molecular formula is C11H18N2O3S. The molecule has 0 spiro atoms. The first-order valence-electron chi connectivity index (χ1n) is 5.70. The molecule has 2 atom stereocenters. The summed E-state index contributed by atoms with van der Waals surface area (Å²) < 4.78 is 25.0. The van der Waals surface area contributed by atoms with E-state index in [2.05, 4.69) is 5.10 Å².